The number of nitrogens with zero attached hydrogens (tertiary/aromatic N) is 4. The number of benzene rings is 1. The minimum atomic E-state index is -3.15. The smallest absolute Gasteiger partial charge is 0.293 e. The van der Waals surface area contributed by atoms with Crippen LogP contribution >= 0.6 is 11.3 Å². The maximum atomic E-state index is 13.8. The van der Waals surface area contributed by atoms with Crippen LogP contribution in [0.5, 0.6) is 0 Å². The van der Waals surface area contributed by atoms with E-state index in [0.29, 0.717) is 24.5 Å². The molecule has 1 aliphatic heterocycles. The fraction of sp³-hybridized carbons (Fsp3) is 0.381. The molecule has 3 heterocycles. The standard InChI is InChI=1S/C21H23FN4O3S2/c1-2-3-10-25(17-9-12-31(28,29)14-17)21(27)19-23-20(18-8-5-11-30-18)26(24-19)16-7-4-6-15(22)13-16/h4-8,11,13,17H,2-3,9-10,12,14H2,1H3. The number of hydrogen-bond donors (Lipinski definition) is 0. The third-order valence-electron chi connectivity index (χ3n) is 5.26. The summed E-state index contributed by atoms with van der Waals surface area (Å²) in [5, 5.41) is 6.31. The van der Waals surface area contributed by atoms with Crippen LogP contribution in [0.25, 0.3) is 16.4 Å². The highest BCUT2D eigenvalue weighted by Crippen LogP contribution is 2.27. The average Bonchev–Trinajstić information content (AvgIpc) is 3.47. The van der Waals surface area contributed by atoms with Gasteiger partial charge in [-0.3, -0.25) is 4.79 Å². The van der Waals surface area contributed by atoms with E-state index in [2.05, 4.69) is 10.1 Å². The predicted molar refractivity (Wildman–Crippen MR) is 118 cm³/mol. The van der Waals surface area contributed by atoms with Crippen LogP contribution in [0.1, 0.15) is 36.8 Å². The molecular weight excluding hydrogens is 439 g/mol. The number of unbranched alkanes of at least 4 members (excludes halogenated alkanes) is 1. The number of aromatic nitrogens is 3. The number of carbonyl (C=O) groups is 1. The minimum Gasteiger partial charge on any atom is -0.332 e. The van der Waals surface area contributed by atoms with Crippen molar-refractivity contribution >= 4 is 27.1 Å². The Morgan fingerprint density at radius 2 is 2.16 bits per heavy atom. The molecule has 1 atom stereocenters. The molecule has 0 N–H and O–H groups in total. The molecule has 0 saturated carbocycles. The van der Waals surface area contributed by atoms with Crippen LogP contribution in [-0.4, -0.2) is 58.1 Å². The lowest BCUT2D eigenvalue weighted by molar-refractivity contribution is 0.0681. The van der Waals surface area contributed by atoms with Crippen molar-refractivity contribution in [3.63, 3.8) is 0 Å². The van der Waals surface area contributed by atoms with E-state index in [4.69, 9.17) is 0 Å². The molecule has 1 fully saturated rings. The van der Waals surface area contributed by atoms with E-state index < -0.39 is 21.6 Å². The summed E-state index contributed by atoms with van der Waals surface area (Å²) in [6, 6.07) is 9.28. The monoisotopic (exact) mass is 462 g/mol. The second-order valence-electron chi connectivity index (χ2n) is 7.54. The van der Waals surface area contributed by atoms with Crippen LogP contribution in [-0.2, 0) is 9.84 Å². The Balaban J connectivity index is 1.73. The topological polar surface area (TPSA) is 85.2 Å². The van der Waals surface area contributed by atoms with E-state index in [1.54, 1.807) is 17.0 Å². The molecule has 7 nitrogen and oxygen atoms in total. The maximum absolute atomic E-state index is 13.8. The number of halogens is 1. The first-order chi connectivity index (χ1) is 14.9. The van der Waals surface area contributed by atoms with E-state index in [0.717, 1.165) is 17.7 Å². The summed E-state index contributed by atoms with van der Waals surface area (Å²) in [5.41, 5.74) is 0.457. The first kappa shape index (κ1) is 21.6. The summed E-state index contributed by atoms with van der Waals surface area (Å²) in [6.45, 7) is 2.46. The summed E-state index contributed by atoms with van der Waals surface area (Å²) >= 11 is 1.44. The van der Waals surface area contributed by atoms with Gasteiger partial charge in [-0.15, -0.1) is 16.4 Å². The second-order valence-corrected chi connectivity index (χ2v) is 10.7. The van der Waals surface area contributed by atoms with Gasteiger partial charge >= 0.3 is 0 Å². The van der Waals surface area contributed by atoms with Gasteiger partial charge in [0.2, 0.25) is 5.82 Å². The second kappa shape index (κ2) is 8.88. The number of carbonyl (C=O) groups excluding carboxylic acids is 1. The Morgan fingerprint density at radius 1 is 1.32 bits per heavy atom. The number of hydrogen-bond acceptors (Lipinski definition) is 6. The molecule has 2 aromatic heterocycles. The van der Waals surface area contributed by atoms with E-state index in [9.17, 15) is 17.6 Å². The molecule has 4 rings (SSSR count). The lowest BCUT2D eigenvalue weighted by Gasteiger charge is -2.27. The summed E-state index contributed by atoms with van der Waals surface area (Å²) in [6.07, 6.45) is 2.04. The van der Waals surface area contributed by atoms with Crippen molar-refractivity contribution in [3.8, 4) is 16.4 Å². The molecule has 0 radical (unpaired) electrons. The summed E-state index contributed by atoms with van der Waals surface area (Å²) in [7, 11) is -3.15. The highest BCUT2D eigenvalue weighted by molar-refractivity contribution is 7.91. The fourth-order valence-electron chi connectivity index (χ4n) is 3.68. The van der Waals surface area contributed by atoms with Crippen molar-refractivity contribution in [1.82, 2.24) is 19.7 Å². The Morgan fingerprint density at radius 3 is 2.81 bits per heavy atom. The largest absolute Gasteiger partial charge is 0.332 e. The molecule has 3 aromatic rings. The molecule has 0 aliphatic carbocycles. The average molecular weight is 463 g/mol. The van der Waals surface area contributed by atoms with Gasteiger partial charge in [0.05, 0.1) is 22.1 Å². The molecule has 1 amide bonds. The number of rotatable bonds is 7. The number of amides is 1. The van der Waals surface area contributed by atoms with Crippen molar-refractivity contribution in [2.45, 2.75) is 32.2 Å². The molecule has 1 aromatic carbocycles. The minimum absolute atomic E-state index is 0.0203. The molecule has 164 valence electrons. The van der Waals surface area contributed by atoms with Gasteiger partial charge in [-0.2, -0.15) is 0 Å². The third kappa shape index (κ3) is 4.69. The Labute approximate surface area is 184 Å². The molecule has 31 heavy (non-hydrogen) atoms. The molecular formula is C21H23FN4O3S2. The Hall–Kier alpha value is -2.59. The zero-order chi connectivity index (χ0) is 22.0. The van der Waals surface area contributed by atoms with Gasteiger partial charge in [0.15, 0.2) is 15.7 Å². The quantitative estimate of drug-likeness (QED) is 0.536. The summed E-state index contributed by atoms with van der Waals surface area (Å²) in [4.78, 5) is 20.3. The summed E-state index contributed by atoms with van der Waals surface area (Å²) in [5.74, 6) is -0.349. The van der Waals surface area contributed by atoms with Crippen molar-refractivity contribution in [2.24, 2.45) is 0 Å². The highest BCUT2D eigenvalue weighted by atomic mass is 32.2. The van der Waals surface area contributed by atoms with Crippen LogP contribution in [0.4, 0.5) is 4.39 Å². The van der Waals surface area contributed by atoms with Crippen LogP contribution in [0.3, 0.4) is 0 Å². The first-order valence-corrected chi connectivity index (χ1v) is 12.9. The van der Waals surface area contributed by atoms with Crippen LogP contribution in [0, 0.1) is 5.82 Å². The molecule has 1 saturated heterocycles. The lowest BCUT2D eigenvalue weighted by Crippen LogP contribution is -2.42. The zero-order valence-electron chi connectivity index (χ0n) is 17.1. The van der Waals surface area contributed by atoms with Gasteiger partial charge in [0.1, 0.15) is 5.82 Å². The Bertz CT molecular complexity index is 1180. The third-order valence-corrected chi connectivity index (χ3v) is 7.87. The van der Waals surface area contributed by atoms with Gasteiger partial charge in [0.25, 0.3) is 5.91 Å². The molecule has 10 heteroatoms. The van der Waals surface area contributed by atoms with Crippen molar-refractivity contribution < 1.29 is 17.6 Å². The molecule has 1 unspecified atom stereocenters. The van der Waals surface area contributed by atoms with Crippen molar-refractivity contribution in [1.29, 1.82) is 0 Å². The van der Waals surface area contributed by atoms with E-state index in [1.165, 1.54) is 28.2 Å². The Kier molecular flexibility index (Phi) is 6.19. The molecule has 1 aliphatic rings. The normalized spacial score (nSPS) is 17.7. The van der Waals surface area contributed by atoms with Crippen LogP contribution in [0.2, 0.25) is 0 Å². The first-order valence-electron chi connectivity index (χ1n) is 10.2. The number of thiophene rings is 1. The van der Waals surface area contributed by atoms with Gasteiger partial charge < -0.3 is 4.90 Å². The lowest BCUT2D eigenvalue weighted by atomic mass is 10.2. The van der Waals surface area contributed by atoms with Gasteiger partial charge in [-0.25, -0.2) is 22.5 Å². The van der Waals surface area contributed by atoms with E-state index in [-0.39, 0.29) is 23.4 Å². The molecule has 0 bridgehead atoms. The summed E-state index contributed by atoms with van der Waals surface area (Å²) < 4.78 is 39.3. The van der Waals surface area contributed by atoms with Crippen molar-refractivity contribution in [3.05, 3.63) is 53.4 Å². The van der Waals surface area contributed by atoms with Crippen molar-refractivity contribution in [2.75, 3.05) is 18.1 Å². The zero-order valence-corrected chi connectivity index (χ0v) is 18.7. The SMILES string of the molecule is CCCCN(C(=O)c1nc(-c2cccs2)n(-c2cccc(F)c2)n1)C1CCS(=O)(=O)C1. The highest BCUT2D eigenvalue weighted by Gasteiger charge is 2.36. The number of sulfone groups is 1. The maximum Gasteiger partial charge on any atom is 0.293 e. The van der Waals surface area contributed by atoms with Gasteiger partial charge in [0, 0.05) is 12.6 Å². The van der Waals surface area contributed by atoms with Gasteiger partial charge in [-0.1, -0.05) is 25.5 Å². The van der Waals surface area contributed by atoms with E-state index >= 15 is 0 Å². The predicted octanol–water partition coefficient (Wildman–Crippen LogP) is 3.56. The van der Waals surface area contributed by atoms with Crippen LogP contribution in [0.15, 0.2) is 41.8 Å². The van der Waals surface area contributed by atoms with Gasteiger partial charge in [-0.05, 0) is 42.5 Å². The van der Waals surface area contributed by atoms with Crippen LogP contribution < -0.4 is 0 Å². The molecule has 0 spiro atoms. The fourth-order valence-corrected chi connectivity index (χ4v) is 6.11. The van der Waals surface area contributed by atoms with E-state index in [1.807, 2.05) is 24.4 Å².